The molecule has 1 saturated heterocycles. The van der Waals surface area contributed by atoms with Crippen molar-refractivity contribution >= 4 is 23.7 Å². The maximum atomic E-state index is 13.4. The molecule has 1 aliphatic heterocycles. The molecule has 7 nitrogen and oxygen atoms in total. The van der Waals surface area contributed by atoms with E-state index in [1.165, 1.54) is 5.56 Å². The molecule has 3 amide bonds. The van der Waals surface area contributed by atoms with Gasteiger partial charge in [0.15, 0.2) is 0 Å². The van der Waals surface area contributed by atoms with Crippen molar-refractivity contribution in [1.29, 1.82) is 0 Å². The lowest BCUT2D eigenvalue weighted by Crippen LogP contribution is -2.72. The fourth-order valence-electron chi connectivity index (χ4n) is 4.75. The SMILES string of the molecule is CC1(C)CC(=O)C(NC(=O)c2ccccc2)[N+]1(C(=O)O)C(=O)CCCCCc1ccccc1. The third-order valence-electron chi connectivity index (χ3n) is 6.45. The van der Waals surface area contributed by atoms with E-state index >= 15 is 0 Å². The van der Waals surface area contributed by atoms with Gasteiger partial charge in [-0.05, 0) is 50.8 Å². The van der Waals surface area contributed by atoms with E-state index in [-0.39, 0.29) is 12.8 Å². The number of amides is 3. The molecule has 0 bridgehead atoms. The number of aryl methyl sites for hydroxylation is 1. The Morgan fingerprint density at radius 1 is 0.970 bits per heavy atom. The Labute approximate surface area is 194 Å². The summed E-state index contributed by atoms with van der Waals surface area (Å²) >= 11 is 0. The van der Waals surface area contributed by atoms with Crippen LogP contribution >= 0.6 is 0 Å². The monoisotopic (exact) mass is 451 g/mol. The maximum absolute atomic E-state index is 13.4. The number of likely N-dealkylation sites (tertiary alicyclic amines) is 1. The van der Waals surface area contributed by atoms with Crippen LogP contribution in [0.1, 0.15) is 61.9 Å². The van der Waals surface area contributed by atoms with Gasteiger partial charge in [0.1, 0.15) is 5.54 Å². The number of carboxylic acid groups (broad SMARTS) is 1. The highest BCUT2D eigenvalue weighted by Crippen LogP contribution is 2.40. The Morgan fingerprint density at radius 3 is 2.18 bits per heavy atom. The standard InChI is InChI=1S/C26H30N2O5/c1-26(2)18-21(29)23(27-24(31)20-15-9-5-10-16-20)28(26,25(32)33)22(30)17-11-4-8-14-19-12-6-3-7-13-19/h3,5-7,9-10,12-13,15-16,23H,4,8,11,14,17-18H2,1-2H3,(H-,27,31,32,33)/p+1. The van der Waals surface area contributed by atoms with Crippen LogP contribution in [-0.2, 0) is 16.0 Å². The zero-order chi connectivity index (χ0) is 24.1. The molecule has 0 saturated carbocycles. The number of carbonyl (C=O) groups is 4. The Balaban J connectivity index is 1.74. The van der Waals surface area contributed by atoms with Crippen molar-refractivity contribution in [3.8, 4) is 0 Å². The number of ketones is 1. The Hall–Kier alpha value is -3.32. The fourth-order valence-corrected chi connectivity index (χ4v) is 4.75. The van der Waals surface area contributed by atoms with Crippen molar-refractivity contribution in [2.24, 2.45) is 0 Å². The number of nitrogens with zero attached hydrogens (tertiary/aromatic N) is 1. The number of benzene rings is 2. The molecule has 1 aliphatic rings. The van der Waals surface area contributed by atoms with Gasteiger partial charge in [0.05, 0.1) is 12.8 Å². The smallest absolute Gasteiger partial charge is 0.435 e. The van der Waals surface area contributed by atoms with E-state index in [1.54, 1.807) is 44.2 Å². The maximum Gasteiger partial charge on any atom is 0.523 e. The van der Waals surface area contributed by atoms with Crippen molar-refractivity contribution in [3.63, 3.8) is 0 Å². The Kier molecular flexibility index (Phi) is 7.43. The number of imide groups is 1. The van der Waals surface area contributed by atoms with Crippen LogP contribution in [0.2, 0.25) is 0 Å². The summed E-state index contributed by atoms with van der Waals surface area (Å²) in [6.45, 7) is 3.20. The van der Waals surface area contributed by atoms with E-state index in [9.17, 15) is 24.3 Å². The lowest BCUT2D eigenvalue weighted by Gasteiger charge is -2.40. The van der Waals surface area contributed by atoms with Gasteiger partial charge in [0.2, 0.25) is 11.9 Å². The third kappa shape index (κ3) is 4.88. The summed E-state index contributed by atoms with van der Waals surface area (Å²) in [5.74, 6) is -1.59. The number of unbranched alkanes of at least 4 members (excludes halogenated alkanes) is 2. The van der Waals surface area contributed by atoms with Crippen LogP contribution < -0.4 is 5.32 Å². The van der Waals surface area contributed by atoms with Gasteiger partial charge in [-0.2, -0.15) is 4.79 Å². The highest BCUT2D eigenvalue weighted by atomic mass is 16.4. The predicted octanol–water partition coefficient (Wildman–Crippen LogP) is 4.32. The second-order valence-corrected chi connectivity index (χ2v) is 9.14. The van der Waals surface area contributed by atoms with Gasteiger partial charge in [0, 0.05) is 5.56 Å². The van der Waals surface area contributed by atoms with Gasteiger partial charge in [-0.1, -0.05) is 55.0 Å². The molecular formula is C26H31N2O5+. The summed E-state index contributed by atoms with van der Waals surface area (Å²) in [5.41, 5.74) is 0.332. The van der Waals surface area contributed by atoms with Gasteiger partial charge < -0.3 is 5.11 Å². The first-order valence-electron chi connectivity index (χ1n) is 11.3. The van der Waals surface area contributed by atoms with Gasteiger partial charge in [-0.15, -0.1) is 4.48 Å². The largest absolute Gasteiger partial charge is 0.523 e. The second kappa shape index (κ2) is 10.1. The lowest BCUT2D eigenvalue weighted by molar-refractivity contribution is -0.841. The molecule has 3 rings (SSSR count). The van der Waals surface area contributed by atoms with Crippen molar-refractivity contribution in [3.05, 3.63) is 71.8 Å². The summed E-state index contributed by atoms with van der Waals surface area (Å²) in [7, 11) is 0. The van der Waals surface area contributed by atoms with E-state index in [1.807, 2.05) is 30.3 Å². The van der Waals surface area contributed by atoms with Crippen molar-refractivity contribution in [1.82, 2.24) is 5.32 Å². The molecule has 0 aromatic heterocycles. The predicted molar refractivity (Wildman–Crippen MR) is 123 cm³/mol. The fraction of sp³-hybridized carbons (Fsp3) is 0.385. The molecule has 33 heavy (non-hydrogen) atoms. The number of carbonyl (C=O) groups excluding carboxylic acids is 3. The molecule has 2 unspecified atom stereocenters. The van der Waals surface area contributed by atoms with E-state index in [0.29, 0.717) is 12.0 Å². The first-order chi connectivity index (χ1) is 15.7. The van der Waals surface area contributed by atoms with Crippen LogP contribution in [0.5, 0.6) is 0 Å². The summed E-state index contributed by atoms with van der Waals surface area (Å²) in [6, 6.07) is 18.3. The van der Waals surface area contributed by atoms with E-state index in [0.717, 1.165) is 19.3 Å². The third-order valence-corrected chi connectivity index (χ3v) is 6.45. The van der Waals surface area contributed by atoms with Crippen LogP contribution in [0.25, 0.3) is 0 Å². The summed E-state index contributed by atoms with van der Waals surface area (Å²) < 4.78 is -1.11. The minimum atomic E-state index is -1.46. The zero-order valence-electron chi connectivity index (χ0n) is 19.1. The van der Waals surface area contributed by atoms with Crippen molar-refractivity contribution < 1.29 is 28.8 Å². The van der Waals surface area contributed by atoms with E-state index in [4.69, 9.17) is 0 Å². The topological polar surface area (TPSA) is 101 Å². The van der Waals surface area contributed by atoms with Gasteiger partial charge >= 0.3 is 12.0 Å². The second-order valence-electron chi connectivity index (χ2n) is 9.14. The van der Waals surface area contributed by atoms with Crippen molar-refractivity contribution in [2.75, 3.05) is 0 Å². The van der Waals surface area contributed by atoms with E-state index in [2.05, 4.69) is 5.32 Å². The summed E-state index contributed by atoms with van der Waals surface area (Å²) in [4.78, 5) is 51.6. The summed E-state index contributed by atoms with van der Waals surface area (Å²) in [6.07, 6.45) is 0.0710. The molecule has 2 N–H and O–H groups in total. The van der Waals surface area contributed by atoms with Gasteiger partial charge in [0.25, 0.3) is 5.91 Å². The first kappa shape index (κ1) is 24.3. The molecule has 0 radical (unpaired) electrons. The molecule has 2 atom stereocenters. The number of Topliss-reactive ketones (excluding diaryl/α,β-unsaturated/α-hetero) is 1. The van der Waals surface area contributed by atoms with Crippen LogP contribution in [0.3, 0.4) is 0 Å². The number of hydrogen-bond acceptors (Lipinski definition) is 4. The number of rotatable bonds is 8. The lowest BCUT2D eigenvalue weighted by atomic mass is 9.98. The quantitative estimate of drug-likeness (QED) is 0.460. The minimum Gasteiger partial charge on any atom is -0.435 e. The molecule has 0 spiro atoms. The molecule has 2 aromatic rings. The molecule has 1 heterocycles. The average Bonchev–Trinajstić information content (AvgIpc) is 2.99. The Bertz CT molecular complexity index is 1020. The number of hydrogen-bond donors (Lipinski definition) is 2. The molecule has 0 aliphatic carbocycles. The molecular weight excluding hydrogens is 420 g/mol. The van der Waals surface area contributed by atoms with Crippen molar-refractivity contribution in [2.45, 2.75) is 64.1 Å². The normalized spacial score (nSPS) is 21.5. The van der Waals surface area contributed by atoms with Crippen LogP contribution in [0, 0.1) is 0 Å². The van der Waals surface area contributed by atoms with E-state index < -0.39 is 39.9 Å². The Morgan fingerprint density at radius 2 is 1.58 bits per heavy atom. The zero-order valence-corrected chi connectivity index (χ0v) is 19.1. The highest BCUT2D eigenvalue weighted by Gasteiger charge is 2.69. The highest BCUT2D eigenvalue weighted by molar-refractivity contribution is 6.00. The van der Waals surface area contributed by atoms with Gasteiger partial charge in [-0.3, -0.25) is 14.9 Å². The molecule has 7 heteroatoms. The molecule has 174 valence electrons. The minimum absolute atomic E-state index is 0.0233. The molecule has 2 aromatic carbocycles. The average molecular weight is 452 g/mol. The van der Waals surface area contributed by atoms with Crippen LogP contribution in [0.4, 0.5) is 4.79 Å². The first-order valence-corrected chi connectivity index (χ1v) is 11.3. The van der Waals surface area contributed by atoms with Crippen LogP contribution in [-0.4, -0.2) is 45.0 Å². The summed E-state index contributed by atoms with van der Waals surface area (Å²) in [5, 5.41) is 12.8. The van der Waals surface area contributed by atoms with Gasteiger partial charge in [-0.25, -0.2) is 4.79 Å². The number of nitrogens with one attached hydrogen (secondary N) is 1. The number of quaternary nitrogens is 1. The molecule has 1 fully saturated rings. The van der Waals surface area contributed by atoms with Crippen LogP contribution in [0.15, 0.2) is 60.7 Å².